The summed E-state index contributed by atoms with van der Waals surface area (Å²) < 4.78 is 18.6. The van der Waals surface area contributed by atoms with Crippen molar-refractivity contribution in [2.75, 3.05) is 13.7 Å². The first-order chi connectivity index (χ1) is 12.1. The van der Waals surface area contributed by atoms with Gasteiger partial charge in [0.15, 0.2) is 5.78 Å². The summed E-state index contributed by atoms with van der Waals surface area (Å²) in [6.07, 6.45) is 0. The van der Waals surface area contributed by atoms with Gasteiger partial charge in [-0.25, -0.2) is 0 Å². The Balaban J connectivity index is 0.00000151. The van der Waals surface area contributed by atoms with Crippen LogP contribution in [-0.4, -0.2) is 25.5 Å². The minimum atomic E-state index is -1.08. The number of ether oxygens (including phenoxy) is 2. The predicted molar refractivity (Wildman–Crippen MR) is 99.9 cm³/mol. The van der Waals surface area contributed by atoms with Gasteiger partial charge in [0.05, 0.1) is 33.4 Å². The summed E-state index contributed by atoms with van der Waals surface area (Å²) >= 11 is 6.16. The number of Topliss-reactive ketones (excluding diaryl/α,β-unsaturated/α-hetero) is 1. The molecule has 0 aromatic heterocycles. The fraction of sp³-hybridized carbons (Fsp3) is 0.222. The highest BCUT2D eigenvalue weighted by Gasteiger charge is 2.33. The number of hydrogen-bond acceptors (Lipinski definition) is 5. The van der Waals surface area contributed by atoms with E-state index in [0.29, 0.717) is 20.4 Å². The minimum absolute atomic E-state index is 0.179. The van der Waals surface area contributed by atoms with Gasteiger partial charge in [0.1, 0.15) is 11.7 Å². The highest BCUT2D eigenvalue weighted by molar-refractivity contribution is 7.00. The lowest BCUT2D eigenvalue weighted by atomic mass is 9.90. The maximum atomic E-state index is 13.0. The Labute approximate surface area is 153 Å². The lowest BCUT2D eigenvalue weighted by Gasteiger charge is -2.17. The van der Waals surface area contributed by atoms with Crippen molar-refractivity contribution in [3.05, 3.63) is 64.7 Å². The summed E-state index contributed by atoms with van der Waals surface area (Å²) in [6.45, 7) is 1.88. The summed E-state index contributed by atoms with van der Waals surface area (Å²) in [5.41, 5.74) is 0.733. The molecule has 2 aromatic carbocycles. The van der Waals surface area contributed by atoms with E-state index >= 15 is 0 Å². The molecule has 0 spiro atoms. The third kappa shape index (κ3) is 5.18. The molecule has 0 aliphatic rings. The summed E-state index contributed by atoms with van der Waals surface area (Å²) in [6, 6.07) is 13.7. The molecule has 25 heavy (non-hydrogen) atoms. The summed E-state index contributed by atoms with van der Waals surface area (Å²) in [5.74, 6) is -1.81. The molecule has 2 rings (SSSR count). The standard InChI is InChI=1S/C18H17ClO4.H3OP/c1-3-23-18(21)15(12-8-5-4-6-9-12)17(20)16-13(19)10-7-11-14(16)22-2;1-2/h4-11,15H,3H2,1-2H3;2H3. The zero-order valence-corrected chi connectivity index (χ0v) is 16.2. The average molecular weight is 383 g/mol. The summed E-state index contributed by atoms with van der Waals surface area (Å²) in [4.78, 5) is 25.3. The molecule has 7 heteroatoms. The van der Waals surface area contributed by atoms with Gasteiger partial charge in [0.25, 0.3) is 0 Å². The van der Waals surface area contributed by atoms with Crippen molar-refractivity contribution in [3.63, 3.8) is 0 Å². The van der Waals surface area contributed by atoms with Crippen LogP contribution in [0.1, 0.15) is 28.8 Å². The highest BCUT2D eigenvalue weighted by Crippen LogP contribution is 2.32. The van der Waals surface area contributed by atoms with E-state index in [1.54, 1.807) is 49.4 Å². The maximum absolute atomic E-state index is 13.0. The number of ketones is 1. The molecule has 5 nitrogen and oxygen atoms in total. The Kier molecular flexibility index (Phi) is 8.96. The maximum Gasteiger partial charge on any atom is 0.321 e. The molecule has 134 valence electrons. The fourth-order valence-electron chi connectivity index (χ4n) is 2.32. The molecule has 0 bridgehead atoms. The molecule has 0 heterocycles. The molecule has 0 amide bonds. The highest BCUT2D eigenvalue weighted by atomic mass is 35.5. The first-order valence-electron chi connectivity index (χ1n) is 7.47. The number of halogens is 1. The number of methoxy groups -OCH3 is 1. The molecule has 0 aliphatic heterocycles. The van der Waals surface area contributed by atoms with E-state index in [-0.39, 0.29) is 17.2 Å². The van der Waals surface area contributed by atoms with Crippen molar-refractivity contribution in [2.24, 2.45) is 0 Å². The number of esters is 1. The number of carbonyl (C=O) groups excluding carboxylic acids is 2. The smallest absolute Gasteiger partial charge is 0.321 e. The normalized spacial score (nSPS) is 11.0. The zero-order valence-electron chi connectivity index (χ0n) is 14.0. The van der Waals surface area contributed by atoms with Gasteiger partial charge in [0, 0.05) is 0 Å². The Morgan fingerprint density at radius 3 is 2.28 bits per heavy atom. The van der Waals surface area contributed by atoms with Crippen molar-refractivity contribution in [2.45, 2.75) is 12.8 Å². The minimum Gasteiger partial charge on any atom is -0.496 e. The predicted octanol–water partition coefficient (Wildman–Crippen LogP) is 3.82. The quantitative estimate of drug-likeness (QED) is 0.329. The van der Waals surface area contributed by atoms with Crippen molar-refractivity contribution >= 4 is 32.5 Å². The molecule has 0 saturated heterocycles. The van der Waals surface area contributed by atoms with Gasteiger partial charge < -0.3 is 14.0 Å². The SMILES string of the molecule is CCOC(=O)C(C(=O)c1c(Cl)cccc1OC)c1ccccc1.O=[PH3]. The second-order valence-electron chi connectivity index (χ2n) is 4.78. The van der Waals surface area contributed by atoms with E-state index in [1.807, 2.05) is 6.07 Å². The first-order valence-corrected chi connectivity index (χ1v) is 8.42. The number of hydrogen-bond donors (Lipinski definition) is 0. The Morgan fingerprint density at radius 2 is 1.72 bits per heavy atom. The van der Waals surface area contributed by atoms with E-state index in [2.05, 4.69) is 0 Å². The van der Waals surface area contributed by atoms with Gasteiger partial charge in [-0.2, -0.15) is 0 Å². The van der Waals surface area contributed by atoms with Crippen LogP contribution in [0.25, 0.3) is 0 Å². The third-order valence-corrected chi connectivity index (χ3v) is 3.67. The van der Waals surface area contributed by atoms with Crippen molar-refractivity contribution < 1.29 is 23.6 Å². The zero-order chi connectivity index (χ0) is 18.8. The molecular weight excluding hydrogens is 363 g/mol. The van der Waals surface area contributed by atoms with Crippen molar-refractivity contribution in [1.29, 1.82) is 0 Å². The van der Waals surface area contributed by atoms with Crippen LogP contribution in [0.2, 0.25) is 5.02 Å². The molecule has 2 unspecified atom stereocenters. The van der Waals surface area contributed by atoms with Crippen LogP contribution in [0.4, 0.5) is 0 Å². The van der Waals surface area contributed by atoms with Gasteiger partial charge in [-0.1, -0.05) is 48.0 Å². The molecule has 2 atom stereocenters. The van der Waals surface area contributed by atoms with Gasteiger partial charge in [-0.05, 0) is 24.6 Å². The number of carbonyl (C=O) groups is 2. The number of benzene rings is 2. The fourth-order valence-corrected chi connectivity index (χ4v) is 2.58. The molecule has 2 aromatic rings. The Bertz CT molecular complexity index is 721. The lowest BCUT2D eigenvalue weighted by molar-refractivity contribution is -0.143. The number of rotatable bonds is 6. The molecular formula is C18H20ClO5P. The van der Waals surface area contributed by atoms with Crippen LogP contribution >= 0.6 is 20.7 Å². The lowest BCUT2D eigenvalue weighted by Crippen LogP contribution is -2.25. The van der Waals surface area contributed by atoms with Gasteiger partial charge >= 0.3 is 5.97 Å². The van der Waals surface area contributed by atoms with Gasteiger partial charge in [-0.3, -0.25) is 9.59 Å². The second kappa shape index (κ2) is 10.7. The van der Waals surface area contributed by atoms with E-state index in [0.717, 1.165) is 0 Å². The van der Waals surface area contributed by atoms with Crippen LogP contribution < -0.4 is 4.74 Å². The van der Waals surface area contributed by atoms with Gasteiger partial charge in [0.2, 0.25) is 0 Å². The molecule has 0 aliphatic carbocycles. The molecule has 0 saturated carbocycles. The van der Waals surface area contributed by atoms with E-state index in [9.17, 15) is 9.59 Å². The van der Waals surface area contributed by atoms with Crippen LogP contribution in [0.5, 0.6) is 5.75 Å². The largest absolute Gasteiger partial charge is 0.496 e. The molecule has 0 fully saturated rings. The first kappa shape index (κ1) is 20.9. The Hall–Kier alpha value is -2.10. The van der Waals surface area contributed by atoms with E-state index in [4.69, 9.17) is 25.6 Å². The topological polar surface area (TPSA) is 69.7 Å². The van der Waals surface area contributed by atoms with Crippen LogP contribution in [0.3, 0.4) is 0 Å². The van der Waals surface area contributed by atoms with Gasteiger partial charge in [-0.15, -0.1) is 0 Å². The molecule has 0 radical (unpaired) electrons. The van der Waals surface area contributed by atoms with E-state index in [1.165, 1.54) is 7.11 Å². The third-order valence-electron chi connectivity index (χ3n) is 3.36. The van der Waals surface area contributed by atoms with Crippen molar-refractivity contribution in [1.82, 2.24) is 0 Å². The summed E-state index contributed by atoms with van der Waals surface area (Å²) in [5, 5.41) is 0.236. The van der Waals surface area contributed by atoms with Crippen molar-refractivity contribution in [3.8, 4) is 5.75 Å². The van der Waals surface area contributed by atoms with Crippen LogP contribution in [0.15, 0.2) is 48.5 Å². The Morgan fingerprint density at radius 1 is 1.08 bits per heavy atom. The molecule has 0 N–H and O–H groups in total. The average Bonchev–Trinajstić information content (AvgIpc) is 2.64. The second-order valence-corrected chi connectivity index (χ2v) is 5.18. The van der Waals surface area contributed by atoms with Crippen LogP contribution in [-0.2, 0) is 14.1 Å². The van der Waals surface area contributed by atoms with E-state index < -0.39 is 17.7 Å². The monoisotopic (exact) mass is 382 g/mol. The van der Waals surface area contributed by atoms with Crippen LogP contribution in [0, 0.1) is 0 Å². The summed E-state index contributed by atoms with van der Waals surface area (Å²) in [7, 11) is 2.06.